The number of carbonyl (C=O) groups excluding carboxylic acids is 1. The molecule has 2 nitrogen and oxygen atoms in total. The van der Waals surface area contributed by atoms with Gasteiger partial charge in [-0.25, -0.2) is 0 Å². The van der Waals surface area contributed by atoms with Crippen LogP contribution in [-0.2, 0) is 4.79 Å². The number of amides is 1. The van der Waals surface area contributed by atoms with Crippen LogP contribution < -0.4 is 0 Å². The zero-order valence-corrected chi connectivity index (χ0v) is 9.91. The number of alkyl halides is 2. The highest BCUT2D eigenvalue weighted by Gasteiger charge is 2.51. The summed E-state index contributed by atoms with van der Waals surface area (Å²) in [6, 6.07) is 0.289. The topological polar surface area (TPSA) is 20.3 Å². The van der Waals surface area contributed by atoms with Crippen LogP contribution in [0.2, 0.25) is 0 Å². The van der Waals surface area contributed by atoms with Gasteiger partial charge in [0.1, 0.15) is 0 Å². The van der Waals surface area contributed by atoms with Crippen LogP contribution in [0.25, 0.3) is 0 Å². The highest BCUT2D eigenvalue weighted by molar-refractivity contribution is 6.57. The second kappa shape index (κ2) is 3.03. The van der Waals surface area contributed by atoms with E-state index in [0.29, 0.717) is 0 Å². The zero-order valence-electron chi connectivity index (χ0n) is 8.40. The molecule has 0 N–H and O–H groups in total. The van der Waals surface area contributed by atoms with Crippen LogP contribution in [0.4, 0.5) is 0 Å². The van der Waals surface area contributed by atoms with Crippen LogP contribution in [0.1, 0.15) is 27.2 Å². The normalized spacial score (nSPS) is 25.5. The predicted octanol–water partition coefficient (Wildman–Crippen LogP) is 2.44. The van der Waals surface area contributed by atoms with Gasteiger partial charge in [0.25, 0.3) is 5.91 Å². The fourth-order valence-electron chi connectivity index (χ4n) is 1.55. The first-order chi connectivity index (χ1) is 5.66. The minimum Gasteiger partial charge on any atom is -0.340 e. The van der Waals surface area contributed by atoms with Crippen LogP contribution in [0, 0.1) is 5.41 Å². The van der Waals surface area contributed by atoms with Gasteiger partial charge in [0, 0.05) is 13.1 Å². The lowest BCUT2D eigenvalue weighted by Gasteiger charge is -2.24. The molecule has 4 heteroatoms. The third-order valence-corrected chi connectivity index (χ3v) is 2.95. The highest BCUT2D eigenvalue weighted by atomic mass is 35.5. The lowest BCUT2D eigenvalue weighted by molar-refractivity contribution is -0.131. The average molecular weight is 224 g/mol. The molecule has 1 amide bonds. The molecule has 0 heterocycles. The van der Waals surface area contributed by atoms with Crippen molar-refractivity contribution < 1.29 is 4.79 Å². The Morgan fingerprint density at radius 2 is 1.92 bits per heavy atom. The van der Waals surface area contributed by atoms with Gasteiger partial charge in [-0.15, -0.1) is 0 Å². The Bertz CT molecular complexity index is 232. The fraction of sp³-hybridized carbons (Fsp3) is 0.889. The van der Waals surface area contributed by atoms with Crippen LogP contribution in [0.3, 0.4) is 0 Å². The molecule has 76 valence electrons. The van der Waals surface area contributed by atoms with Crippen LogP contribution in [0.15, 0.2) is 0 Å². The molecule has 1 atom stereocenters. The molecule has 1 aliphatic carbocycles. The fourth-order valence-corrected chi connectivity index (χ4v) is 1.82. The van der Waals surface area contributed by atoms with Gasteiger partial charge < -0.3 is 4.90 Å². The van der Waals surface area contributed by atoms with E-state index in [1.807, 2.05) is 0 Å². The maximum atomic E-state index is 11.6. The summed E-state index contributed by atoms with van der Waals surface area (Å²) in [6.07, 6.45) is 1.03. The Hall–Kier alpha value is 0.0500. The first-order valence-corrected chi connectivity index (χ1v) is 5.07. The monoisotopic (exact) mass is 223 g/mol. The van der Waals surface area contributed by atoms with E-state index in [1.54, 1.807) is 11.9 Å². The lowest BCUT2D eigenvalue weighted by atomic mass is 10.2. The minimum absolute atomic E-state index is 0.216. The molecule has 0 aliphatic heterocycles. The van der Waals surface area contributed by atoms with Gasteiger partial charge in [-0.2, -0.15) is 0 Å². The molecule has 13 heavy (non-hydrogen) atoms. The molecule has 0 saturated heterocycles. The van der Waals surface area contributed by atoms with Gasteiger partial charge in [-0.3, -0.25) is 4.79 Å². The van der Waals surface area contributed by atoms with Crippen molar-refractivity contribution in [1.29, 1.82) is 0 Å². The molecule has 0 bridgehead atoms. The zero-order chi connectivity index (χ0) is 10.4. The Kier molecular flexibility index (Phi) is 2.59. The second-order valence-electron chi connectivity index (χ2n) is 4.51. The van der Waals surface area contributed by atoms with Crippen molar-refractivity contribution in [1.82, 2.24) is 4.90 Å². The summed E-state index contributed by atoms with van der Waals surface area (Å²) in [5, 5.41) is 0. The summed E-state index contributed by atoms with van der Waals surface area (Å²) < 4.78 is -1.30. The highest BCUT2D eigenvalue weighted by Crippen LogP contribution is 2.48. The van der Waals surface area contributed by atoms with E-state index in [9.17, 15) is 4.79 Å². The SMILES string of the molecule is CN(C(=O)C(C)(Cl)Cl)C1CC1(C)C. The molecule has 0 aromatic heterocycles. The molecule has 0 aromatic rings. The molecule has 1 saturated carbocycles. The van der Waals surface area contributed by atoms with E-state index in [1.165, 1.54) is 6.92 Å². The molecule has 1 aliphatic rings. The van der Waals surface area contributed by atoms with E-state index in [4.69, 9.17) is 23.2 Å². The third kappa shape index (κ3) is 2.29. The van der Waals surface area contributed by atoms with Gasteiger partial charge in [-0.05, 0) is 18.8 Å². The van der Waals surface area contributed by atoms with Gasteiger partial charge in [0.05, 0.1) is 0 Å². The summed E-state index contributed by atoms with van der Waals surface area (Å²) in [6.45, 7) is 5.76. The van der Waals surface area contributed by atoms with Gasteiger partial charge in [0.15, 0.2) is 4.33 Å². The molecule has 1 unspecified atom stereocenters. The van der Waals surface area contributed by atoms with Crippen molar-refractivity contribution >= 4 is 29.1 Å². The third-order valence-electron chi connectivity index (χ3n) is 2.62. The van der Waals surface area contributed by atoms with Crippen LogP contribution >= 0.6 is 23.2 Å². The van der Waals surface area contributed by atoms with E-state index in [-0.39, 0.29) is 17.4 Å². The summed E-state index contributed by atoms with van der Waals surface area (Å²) in [5.74, 6) is -0.216. The number of hydrogen-bond acceptors (Lipinski definition) is 1. The van der Waals surface area contributed by atoms with Gasteiger partial charge in [0.2, 0.25) is 0 Å². The van der Waals surface area contributed by atoms with Gasteiger partial charge >= 0.3 is 0 Å². The van der Waals surface area contributed by atoms with Crippen molar-refractivity contribution in [2.75, 3.05) is 7.05 Å². The summed E-state index contributed by atoms with van der Waals surface area (Å²) in [4.78, 5) is 13.2. The van der Waals surface area contributed by atoms with Crippen molar-refractivity contribution in [2.24, 2.45) is 5.41 Å². The van der Waals surface area contributed by atoms with Crippen molar-refractivity contribution in [3.63, 3.8) is 0 Å². The minimum atomic E-state index is -1.30. The molecule has 0 spiro atoms. The average Bonchev–Trinajstić information content (AvgIpc) is 2.55. The first kappa shape index (κ1) is 11.1. The second-order valence-corrected chi connectivity index (χ2v) is 6.22. The predicted molar refractivity (Wildman–Crippen MR) is 55.1 cm³/mol. The number of halogens is 2. The molecule has 1 rings (SSSR count). The van der Waals surface area contributed by atoms with Crippen LogP contribution in [0.5, 0.6) is 0 Å². The largest absolute Gasteiger partial charge is 0.340 e. The smallest absolute Gasteiger partial charge is 0.258 e. The summed E-state index contributed by atoms with van der Waals surface area (Å²) in [7, 11) is 1.75. The van der Waals surface area contributed by atoms with Crippen molar-refractivity contribution in [2.45, 2.75) is 37.6 Å². The lowest BCUT2D eigenvalue weighted by Crippen LogP contribution is -2.40. The standard InChI is InChI=1S/C9H15Cl2NO/c1-8(2)5-6(8)12(4)7(13)9(3,10)11/h6H,5H2,1-4H3. The molecule has 0 aromatic carbocycles. The molecular weight excluding hydrogens is 209 g/mol. The number of carbonyl (C=O) groups is 1. The maximum Gasteiger partial charge on any atom is 0.258 e. The first-order valence-electron chi connectivity index (χ1n) is 4.31. The van der Waals surface area contributed by atoms with Gasteiger partial charge in [-0.1, -0.05) is 37.0 Å². The summed E-state index contributed by atoms with van der Waals surface area (Å²) in [5.41, 5.74) is 0.226. The molecular formula is C9H15Cl2NO. The van der Waals surface area contributed by atoms with Crippen molar-refractivity contribution in [3.05, 3.63) is 0 Å². The summed E-state index contributed by atoms with van der Waals surface area (Å²) >= 11 is 11.4. The Balaban J connectivity index is 2.61. The number of nitrogens with zero attached hydrogens (tertiary/aromatic N) is 1. The quantitative estimate of drug-likeness (QED) is 0.659. The van der Waals surface area contributed by atoms with E-state index in [0.717, 1.165) is 6.42 Å². The van der Waals surface area contributed by atoms with Crippen molar-refractivity contribution in [3.8, 4) is 0 Å². The Morgan fingerprint density at radius 3 is 2.15 bits per heavy atom. The number of rotatable bonds is 2. The molecule has 1 fully saturated rings. The Morgan fingerprint density at radius 1 is 1.54 bits per heavy atom. The van der Waals surface area contributed by atoms with Crippen LogP contribution in [-0.4, -0.2) is 28.2 Å². The van der Waals surface area contributed by atoms with E-state index in [2.05, 4.69) is 13.8 Å². The van der Waals surface area contributed by atoms with E-state index < -0.39 is 4.33 Å². The number of hydrogen-bond donors (Lipinski definition) is 0. The molecule has 0 radical (unpaired) electrons. The van der Waals surface area contributed by atoms with E-state index >= 15 is 0 Å². The maximum absolute atomic E-state index is 11.6. The Labute approximate surface area is 89.2 Å².